The van der Waals surface area contributed by atoms with Gasteiger partial charge in [0.15, 0.2) is 11.5 Å². The lowest BCUT2D eigenvalue weighted by Crippen LogP contribution is -2.22. The van der Waals surface area contributed by atoms with Crippen molar-refractivity contribution in [2.24, 2.45) is 17.8 Å². The summed E-state index contributed by atoms with van der Waals surface area (Å²) in [6.07, 6.45) is 5.94. The zero-order chi connectivity index (χ0) is 24.8. The van der Waals surface area contributed by atoms with Crippen molar-refractivity contribution in [1.29, 1.82) is 0 Å². The van der Waals surface area contributed by atoms with E-state index in [2.05, 4.69) is 32.3 Å². The van der Waals surface area contributed by atoms with E-state index in [4.69, 9.17) is 15.5 Å². The molecule has 1 aromatic carbocycles. The molecule has 0 saturated carbocycles. The van der Waals surface area contributed by atoms with Crippen LogP contribution in [0.5, 0.6) is 5.75 Å². The molecule has 10 nitrogen and oxygen atoms in total. The highest BCUT2D eigenvalue weighted by atomic mass is 16.5. The Kier molecular flexibility index (Phi) is 7.39. The number of hydrogen-bond donors (Lipinski definition) is 3. The fourth-order valence-corrected chi connectivity index (χ4v) is 3.77. The Balaban J connectivity index is 1.71. The monoisotopic (exact) mass is 474 g/mol. The van der Waals surface area contributed by atoms with Crippen molar-refractivity contribution in [1.82, 2.24) is 24.7 Å². The Morgan fingerprint density at radius 3 is 2.86 bits per heavy atom. The summed E-state index contributed by atoms with van der Waals surface area (Å²) >= 11 is 0. The summed E-state index contributed by atoms with van der Waals surface area (Å²) in [6.45, 7) is 5.05. The van der Waals surface area contributed by atoms with E-state index in [9.17, 15) is 4.79 Å². The van der Waals surface area contributed by atoms with Gasteiger partial charge in [0.2, 0.25) is 0 Å². The number of aromatic amines is 1. The number of nitrogens with zero attached hydrogens (tertiary/aromatic N) is 5. The third-order valence-electron chi connectivity index (χ3n) is 5.37. The van der Waals surface area contributed by atoms with Crippen molar-refractivity contribution in [2.75, 3.05) is 11.9 Å². The highest BCUT2D eigenvalue weighted by Gasteiger charge is 2.18. The molecule has 182 valence electrons. The molecule has 0 aliphatic carbocycles. The Morgan fingerprint density at radius 1 is 1.26 bits per heavy atom. The quantitative estimate of drug-likeness (QED) is 0.250. The normalized spacial score (nSPS) is 11.7. The van der Waals surface area contributed by atoms with Gasteiger partial charge in [-0.1, -0.05) is 26.3 Å². The van der Waals surface area contributed by atoms with Gasteiger partial charge in [-0.15, -0.1) is 0 Å². The smallest absolute Gasteiger partial charge is 0.277 e. The molecule has 0 fully saturated rings. The lowest BCUT2D eigenvalue weighted by atomic mass is 10.1. The largest absolute Gasteiger partial charge is 0.493 e. The zero-order valence-electron chi connectivity index (χ0n) is 20.2. The first-order valence-electron chi connectivity index (χ1n) is 11.7. The van der Waals surface area contributed by atoms with Crippen molar-refractivity contribution in [3.8, 4) is 17.1 Å². The summed E-state index contributed by atoms with van der Waals surface area (Å²) in [5, 5.41) is 7.61. The van der Waals surface area contributed by atoms with Gasteiger partial charge >= 0.3 is 0 Å². The molecule has 0 saturated heterocycles. The number of pyridine rings is 1. The highest BCUT2D eigenvalue weighted by molar-refractivity contribution is 5.93. The van der Waals surface area contributed by atoms with E-state index < -0.39 is 0 Å². The van der Waals surface area contributed by atoms with Crippen molar-refractivity contribution in [3.05, 3.63) is 64.3 Å². The molecule has 0 radical (unpaired) electrons. The van der Waals surface area contributed by atoms with E-state index in [0.717, 1.165) is 30.5 Å². The van der Waals surface area contributed by atoms with Crippen molar-refractivity contribution >= 4 is 22.7 Å². The number of benzene rings is 1. The molecule has 0 aliphatic rings. The van der Waals surface area contributed by atoms with Crippen LogP contribution in [0.4, 0.5) is 5.69 Å². The molecule has 0 unspecified atom stereocenters. The van der Waals surface area contributed by atoms with Gasteiger partial charge in [-0.25, -0.2) is 9.98 Å². The van der Waals surface area contributed by atoms with Crippen LogP contribution in [0.3, 0.4) is 0 Å². The molecule has 4 aromatic rings. The van der Waals surface area contributed by atoms with E-state index in [1.807, 2.05) is 37.3 Å². The molecule has 35 heavy (non-hydrogen) atoms. The van der Waals surface area contributed by atoms with E-state index in [1.165, 1.54) is 0 Å². The molecule has 0 spiro atoms. The summed E-state index contributed by atoms with van der Waals surface area (Å²) in [7, 11) is 1.76. The number of anilines is 1. The van der Waals surface area contributed by atoms with Crippen LogP contribution < -0.4 is 21.3 Å². The number of ether oxygens (including phenoxy) is 1. The van der Waals surface area contributed by atoms with Gasteiger partial charge in [0.05, 0.1) is 24.4 Å². The van der Waals surface area contributed by atoms with Crippen LogP contribution in [0.25, 0.3) is 22.4 Å². The number of aliphatic imine (C=N–C) groups is 1. The summed E-state index contributed by atoms with van der Waals surface area (Å²) in [6, 6.07) is 9.32. The molecule has 0 amide bonds. The standard InChI is InChI=1S/C25H30N8O2/c1-4-7-19-21-22(33(3)32-19)24(34)31-23(30-21)18-13-17(9-10-20(18)35-12-5-2)29-25(26)28-15-16-8-6-11-27-14-16/h6,8-11,13-14H,4-5,7,12,15H2,1-3H3,(H3,26,28,29)(H,30,31,34). The maximum absolute atomic E-state index is 13.0. The van der Waals surface area contributed by atoms with Gasteiger partial charge < -0.3 is 20.8 Å². The third kappa shape index (κ3) is 5.48. The summed E-state index contributed by atoms with van der Waals surface area (Å²) in [5.74, 6) is 1.29. The van der Waals surface area contributed by atoms with Gasteiger partial charge in [0.1, 0.15) is 17.1 Å². The number of hydrogen-bond acceptors (Lipinski definition) is 6. The van der Waals surface area contributed by atoms with Crippen LogP contribution in [0, 0.1) is 0 Å². The maximum Gasteiger partial charge on any atom is 0.277 e. The van der Waals surface area contributed by atoms with Crippen LogP contribution in [0.1, 0.15) is 37.9 Å². The number of rotatable bonds is 9. The first-order chi connectivity index (χ1) is 17.0. The first kappa shape index (κ1) is 23.9. The van der Waals surface area contributed by atoms with Crippen LogP contribution in [0.2, 0.25) is 0 Å². The minimum absolute atomic E-state index is 0.250. The average molecular weight is 475 g/mol. The van der Waals surface area contributed by atoms with Gasteiger partial charge in [0.25, 0.3) is 5.56 Å². The molecule has 3 heterocycles. The average Bonchev–Trinajstić information content (AvgIpc) is 3.18. The molecule has 4 rings (SSSR count). The minimum atomic E-state index is -0.250. The number of fused-ring (bicyclic) bond motifs is 1. The number of nitrogens with one attached hydrogen (secondary N) is 2. The van der Waals surface area contributed by atoms with E-state index in [-0.39, 0.29) is 11.5 Å². The predicted molar refractivity (Wildman–Crippen MR) is 138 cm³/mol. The second kappa shape index (κ2) is 10.8. The zero-order valence-corrected chi connectivity index (χ0v) is 20.2. The van der Waals surface area contributed by atoms with E-state index in [1.54, 1.807) is 24.1 Å². The lowest BCUT2D eigenvalue weighted by Gasteiger charge is -2.13. The Bertz CT molecular complexity index is 1390. The minimum Gasteiger partial charge on any atom is -0.493 e. The first-order valence-corrected chi connectivity index (χ1v) is 11.7. The number of aryl methyl sites for hydroxylation is 2. The van der Waals surface area contributed by atoms with Gasteiger partial charge in [-0.2, -0.15) is 5.10 Å². The number of H-pyrrole nitrogens is 1. The lowest BCUT2D eigenvalue weighted by molar-refractivity contribution is 0.318. The molecule has 0 aliphatic heterocycles. The van der Waals surface area contributed by atoms with E-state index >= 15 is 0 Å². The molecule has 0 atom stereocenters. The maximum atomic E-state index is 13.0. The fourth-order valence-electron chi connectivity index (χ4n) is 3.77. The Hall–Kier alpha value is -4.21. The molecular weight excluding hydrogens is 444 g/mol. The van der Waals surface area contributed by atoms with Crippen molar-refractivity contribution in [3.63, 3.8) is 0 Å². The highest BCUT2D eigenvalue weighted by Crippen LogP contribution is 2.31. The number of guanidine groups is 1. The van der Waals surface area contributed by atoms with Gasteiger partial charge in [-0.05, 0) is 42.7 Å². The Labute approximate surface area is 203 Å². The van der Waals surface area contributed by atoms with Crippen LogP contribution in [0.15, 0.2) is 52.5 Å². The van der Waals surface area contributed by atoms with E-state index in [0.29, 0.717) is 47.0 Å². The van der Waals surface area contributed by atoms with Crippen LogP contribution in [-0.4, -0.2) is 37.3 Å². The fraction of sp³-hybridized carbons (Fsp3) is 0.320. The summed E-state index contributed by atoms with van der Waals surface area (Å²) < 4.78 is 7.55. The second-order valence-electron chi connectivity index (χ2n) is 8.18. The number of nitrogens with two attached hydrogens (primary N) is 1. The van der Waals surface area contributed by atoms with Gasteiger partial charge in [-0.3, -0.25) is 14.5 Å². The van der Waals surface area contributed by atoms with Crippen molar-refractivity contribution in [2.45, 2.75) is 39.7 Å². The van der Waals surface area contributed by atoms with Crippen LogP contribution >= 0.6 is 0 Å². The third-order valence-corrected chi connectivity index (χ3v) is 5.37. The molecular formula is C25H30N8O2. The summed E-state index contributed by atoms with van der Waals surface area (Å²) in [5.41, 5.74) is 10.0. The molecule has 0 bridgehead atoms. The summed E-state index contributed by atoms with van der Waals surface area (Å²) in [4.78, 5) is 29.1. The number of aromatic nitrogens is 5. The van der Waals surface area contributed by atoms with Crippen LogP contribution in [-0.2, 0) is 20.0 Å². The Morgan fingerprint density at radius 2 is 2.11 bits per heavy atom. The van der Waals surface area contributed by atoms with Crippen molar-refractivity contribution < 1.29 is 4.74 Å². The van der Waals surface area contributed by atoms with Gasteiger partial charge in [0, 0.05) is 25.1 Å². The predicted octanol–water partition coefficient (Wildman–Crippen LogP) is 3.39. The second-order valence-corrected chi connectivity index (χ2v) is 8.18. The SMILES string of the molecule is CCCOc1ccc(NC(N)=NCc2cccnc2)cc1-c1nc2c(CCC)nn(C)c2c(=O)[nH]1. The topological polar surface area (TPSA) is 136 Å². The molecule has 10 heteroatoms. The molecule has 4 N–H and O–H groups in total. The molecule has 3 aromatic heterocycles.